The summed E-state index contributed by atoms with van der Waals surface area (Å²) in [5, 5.41) is 18.5. The van der Waals surface area contributed by atoms with Gasteiger partial charge in [-0.1, -0.05) is 19.1 Å². The molecule has 0 atom stereocenters. The molecule has 0 bridgehead atoms. The van der Waals surface area contributed by atoms with Gasteiger partial charge in [-0.05, 0) is 12.5 Å². The average molecular weight is 317 g/mol. The summed E-state index contributed by atoms with van der Waals surface area (Å²) in [6, 6.07) is 6.32. The molecule has 1 N–H and O–H groups in total. The van der Waals surface area contributed by atoms with E-state index in [1.54, 1.807) is 39.3 Å². The number of hydrogen-bond acceptors (Lipinski definition) is 5. The number of nitro groups is 1. The molecule has 0 aliphatic carbocycles. The highest BCUT2D eigenvalue weighted by molar-refractivity contribution is 5.99. The molecule has 0 saturated heterocycles. The Morgan fingerprint density at radius 3 is 2.61 bits per heavy atom. The Morgan fingerprint density at radius 1 is 1.39 bits per heavy atom. The molecular formula is C15H19N5O3. The number of para-hydroxylation sites is 2. The standard InChI is InChI=1S/C15H19N5O3/c1-5-10-13(14(19(4)17-10)15(21)18(2)3)16-11-8-6-7-9-12(11)20(22)23/h6-9,16H,5H2,1-4H3. The molecule has 0 saturated carbocycles. The van der Waals surface area contributed by atoms with Crippen LogP contribution in [0.3, 0.4) is 0 Å². The third kappa shape index (κ3) is 3.15. The molecule has 1 aromatic heterocycles. The molecule has 8 nitrogen and oxygen atoms in total. The fourth-order valence-electron chi connectivity index (χ4n) is 2.29. The van der Waals surface area contributed by atoms with Gasteiger partial charge in [0.2, 0.25) is 0 Å². The van der Waals surface area contributed by atoms with Gasteiger partial charge in [0.05, 0.1) is 16.3 Å². The second-order valence-electron chi connectivity index (χ2n) is 5.25. The Bertz CT molecular complexity index is 752. The zero-order valence-electron chi connectivity index (χ0n) is 13.5. The van der Waals surface area contributed by atoms with Gasteiger partial charge in [-0.25, -0.2) is 0 Å². The van der Waals surface area contributed by atoms with E-state index in [2.05, 4.69) is 10.4 Å². The quantitative estimate of drug-likeness (QED) is 0.675. The van der Waals surface area contributed by atoms with E-state index in [-0.39, 0.29) is 11.6 Å². The molecule has 2 aromatic rings. The molecule has 1 amide bonds. The molecule has 0 spiro atoms. The van der Waals surface area contributed by atoms with Crippen LogP contribution < -0.4 is 5.32 Å². The number of nitrogens with one attached hydrogen (secondary N) is 1. The summed E-state index contributed by atoms with van der Waals surface area (Å²) in [6.45, 7) is 1.91. The Morgan fingerprint density at radius 2 is 2.04 bits per heavy atom. The summed E-state index contributed by atoms with van der Waals surface area (Å²) in [5.74, 6) is -0.221. The van der Waals surface area contributed by atoms with Gasteiger partial charge >= 0.3 is 0 Å². The fourth-order valence-corrected chi connectivity index (χ4v) is 2.29. The molecule has 122 valence electrons. The minimum atomic E-state index is -0.461. The number of hydrogen-bond donors (Lipinski definition) is 1. The van der Waals surface area contributed by atoms with Crippen molar-refractivity contribution in [1.29, 1.82) is 0 Å². The maximum absolute atomic E-state index is 12.4. The first-order valence-electron chi connectivity index (χ1n) is 7.14. The first-order valence-corrected chi connectivity index (χ1v) is 7.14. The lowest BCUT2D eigenvalue weighted by atomic mass is 10.2. The monoisotopic (exact) mass is 317 g/mol. The van der Waals surface area contributed by atoms with Gasteiger partial charge in [0, 0.05) is 27.2 Å². The van der Waals surface area contributed by atoms with Crippen LogP contribution in [0.5, 0.6) is 0 Å². The largest absolute Gasteiger partial charge is 0.346 e. The van der Waals surface area contributed by atoms with Gasteiger partial charge in [-0.2, -0.15) is 5.10 Å². The van der Waals surface area contributed by atoms with Gasteiger partial charge in [0.25, 0.3) is 11.6 Å². The van der Waals surface area contributed by atoms with Crippen LogP contribution in [-0.4, -0.2) is 39.6 Å². The summed E-state index contributed by atoms with van der Waals surface area (Å²) in [7, 11) is 4.98. The van der Waals surface area contributed by atoms with Crippen LogP contribution >= 0.6 is 0 Å². The molecular weight excluding hydrogens is 298 g/mol. The fraction of sp³-hybridized carbons (Fsp3) is 0.333. The molecule has 8 heteroatoms. The molecule has 0 radical (unpaired) electrons. The van der Waals surface area contributed by atoms with Crippen molar-refractivity contribution in [2.45, 2.75) is 13.3 Å². The lowest BCUT2D eigenvalue weighted by Crippen LogP contribution is -2.25. The van der Waals surface area contributed by atoms with Crippen LogP contribution in [0.4, 0.5) is 17.1 Å². The van der Waals surface area contributed by atoms with Crippen molar-refractivity contribution in [3.05, 3.63) is 45.8 Å². The van der Waals surface area contributed by atoms with Crippen molar-refractivity contribution >= 4 is 23.0 Å². The summed E-state index contributed by atoms with van der Waals surface area (Å²) >= 11 is 0. The predicted molar refractivity (Wildman–Crippen MR) is 87.0 cm³/mol. The lowest BCUT2D eigenvalue weighted by Gasteiger charge is -2.13. The highest BCUT2D eigenvalue weighted by Crippen LogP contribution is 2.31. The van der Waals surface area contributed by atoms with Gasteiger partial charge in [0.15, 0.2) is 0 Å². The summed E-state index contributed by atoms with van der Waals surface area (Å²) < 4.78 is 1.50. The second kappa shape index (κ2) is 6.47. The Kier molecular flexibility index (Phi) is 4.63. The van der Waals surface area contributed by atoms with E-state index in [4.69, 9.17) is 0 Å². The predicted octanol–water partition coefficient (Wildman–Crippen LogP) is 2.34. The Balaban J connectivity index is 2.56. The van der Waals surface area contributed by atoms with Crippen molar-refractivity contribution in [3.63, 3.8) is 0 Å². The summed E-state index contributed by atoms with van der Waals surface area (Å²) in [4.78, 5) is 24.6. The molecule has 0 aliphatic rings. The lowest BCUT2D eigenvalue weighted by molar-refractivity contribution is -0.383. The molecule has 1 heterocycles. The van der Waals surface area contributed by atoms with Crippen LogP contribution in [0.15, 0.2) is 24.3 Å². The second-order valence-corrected chi connectivity index (χ2v) is 5.25. The minimum Gasteiger partial charge on any atom is -0.346 e. The molecule has 0 unspecified atom stereocenters. The smallest absolute Gasteiger partial charge is 0.292 e. The number of rotatable bonds is 5. The Hall–Kier alpha value is -2.90. The van der Waals surface area contributed by atoms with E-state index in [0.717, 1.165) is 0 Å². The molecule has 0 fully saturated rings. The van der Waals surface area contributed by atoms with Crippen LogP contribution in [0.25, 0.3) is 0 Å². The number of aryl methyl sites for hydroxylation is 2. The number of aromatic nitrogens is 2. The van der Waals surface area contributed by atoms with Crippen LogP contribution in [0.2, 0.25) is 0 Å². The summed E-state index contributed by atoms with van der Waals surface area (Å²) in [6.07, 6.45) is 0.595. The zero-order valence-corrected chi connectivity index (χ0v) is 13.5. The van der Waals surface area contributed by atoms with Gasteiger partial charge in [-0.15, -0.1) is 0 Å². The first-order chi connectivity index (χ1) is 10.9. The number of anilines is 2. The van der Waals surface area contributed by atoms with E-state index in [1.165, 1.54) is 15.6 Å². The van der Waals surface area contributed by atoms with Crippen LogP contribution in [-0.2, 0) is 13.5 Å². The minimum absolute atomic E-state index is 0.0540. The molecule has 1 aromatic carbocycles. The first kappa shape index (κ1) is 16.5. The Labute approximate surface area is 133 Å². The third-order valence-electron chi connectivity index (χ3n) is 3.42. The van der Waals surface area contributed by atoms with Crippen LogP contribution in [0.1, 0.15) is 23.1 Å². The topological polar surface area (TPSA) is 93.3 Å². The number of nitrogens with zero attached hydrogens (tertiary/aromatic N) is 4. The van der Waals surface area contributed by atoms with Crippen molar-refractivity contribution in [3.8, 4) is 0 Å². The molecule has 2 rings (SSSR count). The SMILES string of the molecule is CCc1nn(C)c(C(=O)N(C)C)c1Nc1ccccc1[N+](=O)[O-]. The van der Waals surface area contributed by atoms with Crippen molar-refractivity contribution in [2.24, 2.45) is 7.05 Å². The summed E-state index contributed by atoms with van der Waals surface area (Å²) in [5.41, 5.74) is 1.82. The zero-order chi connectivity index (χ0) is 17.1. The molecule has 23 heavy (non-hydrogen) atoms. The van der Waals surface area contributed by atoms with Crippen LogP contribution in [0, 0.1) is 10.1 Å². The number of carbonyl (C=O) groups is 1. The average Bonchev–Trinajstić information content (AvgIpc) is 2.82. The van der Waals surface area contributed by atoms with E-state index in [0.29, 0.717) is 29.2 Å². The number of nitro benzene ring substituents is 1. The maximum Gasteiger partial charge on any atom is 0.292 e. The maximum atomic E-state index is 12.4. The normalized spacial score (nSPS) is 10.4. The van der Waals surface area contributed by atoms with Gasteiger partial charge in [0.1, 0.15) is 11.4 Å². The number of benzene rings is 1. The van der Waals surface area contributed by atoms with Crippen molar-refractivity contribution in [2.75, 3.05) is 19.4 Å². The van der Waals surface area contributed by atoms with E-state index < -0.39 is 4.92 Å². The van der Waals surface area contributed by atoms with Crippen molar-refractivity contribution < 1.29 is 9.72 Å². The van der Waals surface area contributed by atoms with E-state index >= 15 is 0 Å². The molecule has 0 aliphatic heterocycles. The number of carbonyl (C=O) groups excluding carboxylic acids is 1. The van der Waals surface area contributed by atoms with Crippen molar-refractivity contribution in [1.82, 2.24) is 14.7 Å². The third-order valence-corrected chi connectivity index (χ3v) is 3.42. The van der Waals surface area contributed by atoms with Gasteiger partial charge < -0.3 is 10.2 Å². The van der Waals surface area contributed by atoms with Gasteiger partial charge in [-0.3, -0.25) is 19.6 Å². The highest BCUT2D eigenvalue weighted by Gasteiger charge is 2.24. The van der Waals surface area contributed by atoms with E-state index in [9.17, 15) is 14.9 Å². The van der Waals surface area contributed by atoms with E-state index in [1.807, 2.05) is 6.92 Å². The highest BCUT2D eigenvalue weighted by atomic mass is 16.6. The number of amides is 1.